The normalized spacial score (nSPS) is 11.0. The van der Waals surface area contributed by atoms with Crippen molar-refractivity contribution < 1.29 is 8.42 Å². The molecule has 0 fully saturated rings. The van der Waals surface area contributed by atoms with Gasteiger partial charge >= 0.3 is 0 Å². The molecule has 0 atom stereocenters. The van der Waals surface area contributed by atoms with Crippen molar-refractivity contribution in [3.05, 3.63) is 90.4 Å². The van der Waals surface area contributed by atoms with Crippen LogP contribution in [0.3, 0.4) is 0 Å². The van der Waals surface area contributed by atoms with Crippen LogP contribution in [0.1, 0.15) is 11.1 Å². The van der Waals surface area contributed by atoms with Crippen molar-refractivity contribution in [2.24, 2.45) is 12.2 Å². The third-order valence-electron chi connectivity index (χ3n) is 4.62. The summed E-state index contributed by atoms with van der Waals surface area (Å²) < 4.78 is 24.5. The van der Waals surface area contributed by atoms with Gasteiger partial charge in [0.05, 0.1) is 22.3 Å². The summed E-state index contributed by atoms with van der Waals surface area (Å²) in [6.45, 7) is 0. The first kappa shape index (κ1) is 19.6. The minimum Gasteiger partial charge on any atom is -0.267 e. The van der Waals surface area contributed by atoms with Gasteiger partial charge in [-0.2, -0.15) is 5.10 Å². The monoisotopic (exact) mass is 414 g/mol. The Balaban J connectivity index is 1.64. The molecule has 0 unspecified atom stereocenters. The van der Waals surface area contributed by atoms with Crippen molar-refractivity contribution in [2.75, 3.05) is 0 Å². The Morgan fingerprint density at radius 1 is 0.867 bits per heavy atom. The smallest absolute Gasteiger partial charge is 0.238 e. The molecule has 2 N–H and O–H groups in total. The largest absolute Gasteiger partial charge is 0.267 e. The quantitative estimate of drug-likeness (QED) is 0.521. The van der Waals surface area contributed by atoms with E-state index < -0.39 is 10.0 Å². The Labute approximate surface area is 175 Å². The van der Waals surface area contributed by atoms with E-state index in [1.54, 1.807) is 29.2 Å². The topological polar surface area (TPSA) is 90.9 Å². The van der Waals surface area contributed by atoms with Crippen molar-refractivity contribution in [3.8, 4) is 34.2 Å². The number of primary sulfonamides is 1. The van der Waals surface area contributed by atoms with Gasteiger partial charge in [-0.15, -0.1) is 0 Å². The summed E-state index contributed by atoms with van der Waals surface area (Å²) in [5, 5.41) is 9.47. The third kappa shape index (κ3) is 4.15. The molecular weight excluding hydrogens is 396 g/mol. The average molecular weight is 414 g/mol. The molecule has 0 radical (unpaired) electrons. The maximum atomic E-state index is 11.4. The number of rotatable bonds is 3. The van der Waals surface area contributed by atoms with Crippen LogP contribution in [0.25, 0.3) is 22.4 Å². The fourth-order valence-corrected chi connectivity index (χ4v) is 3.61. The van der Waals surface area contributed by atoms with Gasteiger partial charge in [0.15, 0.2) is 0 Å². The number of hydrogen-bond donors (Lipinski definition) is 1. The van der Waals surface area contributed by atoms with Crippen LogP contribution in [0.2, 0.25) is 0 Å². The van der Waals surface area contributed by atoms with Crippen molar-refractivity contribution in [1.82, 2.24) is 14.8 Å². The predicted octanol–water partition coefficient (Wildman–Crippen LogP) is 3.20. The molecule has 0 spiro atoms. The molecule has 0 saturated heterocycles. The minimum atomic E-state index is -3.72. The highest BCUT2D eigenvalue weighted by Crippen LogP contribution is 2.26. The number of hydrogen-bond acceptors (Lipinski definition) is 4. The van der Waals surface area contributed by atoms with Crippen molar-refractivity contribution in [2.45, 2.75) is 4.90 Å². The SMILES string of the molecule is Cn1ncc(C#Cc2ccc(S(N)(=O)=O)cc2)c1-c1ccc(-c2cccnc2)cc1. The second kappa shape index (κ2) is 7.95. The third-order valence-corrected chi connectivity index (χ3v) is 5.55. The van der Waals surface area contributed by atoms with Crippen LogP contribution in [-0.4, -0.2) is 23.2 Å². The zero-order valence-electron chi connectivity index (χ0n) is 16.1. The molecule has 7 heteroatoms. The van der Waals surface area contributed by atoms with Crippen LogP contribution in [0.4, 0.5) is 0 Å². The van der Waals surface area contributed by atoms with E-state index in [1.165, 1.54) is 12.1 Å². The van der Waals surface area contributed by atoms with Crippen molar-refractivity contribution in [1.29, 1.82) is 0 Å². The molecule has 4 rings (SSSR count). The number of nitrogens with zero attached hydrogens (tertiary/aromatic N) is 3. The lowest BCUT2D eigenvalue weighted by Gasteiger charge is -2.06. The van der Waals surface area contributed by atoms with E-state index >= 15 is 0 Å². The van der Waals surface area contributed by atoms with Crippen LogP contribution in [0, 0.1) is 11.8 Å². The van der Waals surface area contributed by atoms with Gasteiger partial charge in [0.2, 0.25) is 10.0 Å². The van der Waals surface area contributed by atoms with Gasteiger partial charge in [0.1, 0.15) is 0 Å². The Bertz CT molecular complexity index is 1350. The standard InChI is InChI=1S/C23H18N4O2S/c1-27-23(19-10-8-18(9-11-19)20-3-2-14-25-15-20)21(16-26-27)7-4-17-5-12-22(13-6-17)30(24,28)29/h2-3,5-6,8-16H,1H3,(H2,24,28,29). The summed E-state index contributed by atoms with van der Waals surface area (Å²) in [5.74, 6) is 6.18. The van der Waals surface area contributed by atoms with E-state index in [0.717, 1.165) is 27.9 Å². The summed E-state index contributed by atoms with van der Waals surface area (Å²) in [6.07, 6.45) is 5.30. The zero-order valence-corrected chi connectivity index (χ0v) is 17.0. The van der Waals surface area contributed by atoms with E-state index in [4.69, 9.17) is 5.14 Å². The summed E-state index contributed by atoms with van der Waals surface area (Å²) in [5.41, 5.74) is 5.50. The molecule has 0 aliphatic carbocycles. The van der Waals surface area contributed by atoms with Crippen LogP contribution in [0.15, 0.2) is 84.1 Å². The second-order valence-corrected chi connectivity index (χ2v) is 8.23. The van der Waals surface area contributed by atoms with Gasteiger partial charge in [0.25, 0.3) is 0 Å². The van der Waals surface area contributed by atoms with Crippen LogP contribution in [-0.2, 0) is 17.1 Å². The molecule has 2 aromatic carbocycles. The summed E-state index contributed by atoms with van der Waals surface area (Å²) in [4.78, 5) is 4.22. The van der Waals surface area contributed by atoms with Gasteiger partial charge in [-0.1, -0.05) is 42.2 Å². The predicted molar refractivity (Wildman–Crippen MR) is 116 cm³/mol. The highest BCUT2D eigenvalue weighted by molar-refractivity contribution is 7.89. The zero-order chi connectivity index (χ0) is 21.1. The minimum absolute atomic E-state index is 0.0591. The first-order chi connectivity index (χ1) is 14.4. The fraction of sp³-hybridized carbons (Fsp3) is 0.0435. The van der Waals surface area contributed by atoms with E-state index in [9.17, 15) is 8.42 Å². The summed E-state index contributed by atoms with van der Waals surface area (Å²) >= 11 is 0. The molecule has 0 saturated carbocycles. The number of benzene rings is 2. The molecule has 2 heterocycles. The first-order valence-corrected chi connectivity index (χ1v) is 10.6. The van der Waals surface area contributed by atoms with Gasteiger partial charge < -0.3 is 0 Å². The lowest BCUT2D eigenvalue weighted by Crippen LogP contribution is -2.11. The maximum Gasteiger partial charge on any atom is 0.238 e. The highest BCUT2D eigenvalue weighted by Gasteiger charge is 2.10. The van der Waals surface area contributed by atoms with Crippen molar-refractivity contribution >= 4 is 10.0 Å². The molecule has 0 amide bonds. The Kier molecular flexibility index (Phi) is 5.19. The number of pyridine rings is 1. The highest BCUT2D eigenvalue weighted by atomic mass is 32.2. The Morgan fingerprint density at radius 2 is 1.57 bits per heavy atom. The summed E-state index contributed by atoms with van der Waals surface area (Å²) in [7, 11) is -1.84. The molecule has 148 valence electrons. The second-order valence-electron chi connectivity index (χ2n) is 6.67. The lowest BCUT2D eigenvalue weighted by molar-refractivity contribution is 0.598. The van der Waals surface area contributed by atoms with Gasteiger partial charge in [-0.05, 0) is 41.5 Å². The first-order valence-electron chi connectivity index (χ1n) is 9.09. The van der Waals surface area contributed by atoms with E-state index in [0.29, 0.717) is 5.56 Å². The fourth-order valence-electron chi connectivity index (χ4n) is 3.09. The molecular formula is C23H18N4O2S. The van der Waals surface area contributed by atoms with E-state index in [1.807, 2.05) is 49.6 Å². The molecule has 0 aliphatic heterocycles. The van der Waals surface area contributed by atoms with Gasteiger partial charge in [-0.3, -0.25) is 9.67 Å². The van der Waals surface area contributed by atoms with E-state index in [-0.39, 0.29) is 4.90 Å². The van der Waals surface area contributed by atoms with E-state index in [2.05, 4.69) is 21.9 Å². The molecule has 30 heavy (non-hydrogen) atoms. The van der Waals surface area contributed by atoms with Crippen LogP contribution in [0.5, 0.6) is 0 Å². The molecule has 6 nitrogen and oxygen atoms in total. The molecule has 0 bridgehead atoms. The number of nitrogens with two attached hydrogens (primary N) is 1. The number of sulfonamides is 1. The summed E-state index contributed by atoms with van der Waals surface area (Å²) in [6, 6.07) is 18.2. The molecule has 2 aromatic heterocycles. The lowest BCUT2D eigenvalue weighted by atomic mass is 10.0. The van der Waals surface area contributed by atoms with Crippen molar-refractivity contribution in [3.63, 3.8) is 0 Å². The molecule has 4 aromatic rings. The Hall–Kier alpha value is -3.73. The van der Waals surface area contributed by atoms with Gasteiger partial charge in [-0.25, -0.2) is 13.6 Å². The number of aromatic nitrogens is 3. The van der Waals surface area contributed by atoms with Crippen LogP contribution >= 0.6 is 0 Å². The number of aryl methyl sites for hydroxylation is 1. The maximum absolute atomic E-state index is 11.4. The Morgan fingerprint density at radius 3 is 2.20 bits per heavy atom. The van der Waals surface area contributed by atoms with Gasteiger partial charge in [0, 0.05) is 30.6 Å². The average Bonchev–Trinajstić information content (AvgIpc) is 3.13. The van der Waals surface area contributed by atoms with Crippen LogP contribution < -0.4 is 5.14 Å². The molecule has 0 aliphatic rings.